The second-order valence-electron chi connectivity index (χ2n) is 5.20. The van der Waals surface area contributed by atoms with Crippen molar-refractivity contribution in [1.29, 1.82) is 0 Å². The molecule has 0 spiro atoms. The summed E-state index contributed by atoms with van der Waals surface area (Å²) >= 11 is 0. The highest BCUT2D eigenvalue weighted by molar-refractivity contribution is 5.30. The Morgan fingerprint density at radius 3 is 2.19 bits per heavy atom. The number of nitrogens with zero attached hydrogens (tertiary/aromatic N) is 3. The zero-order valence-corrected chi connectivity index (χ0v) is 10.7. The molecule has 0 aromatic carbocycles. The smallest absolute Gasteiger partial charge is 0.225 e. The summed E-state index contributed by atoms with van der Waals surface area (Å²) in [7, 11) is 1.99. The van der Waals surface area contributed by atoms with Gasteiger partial charge >= 0.3 is 0 Å². The van der Waals surface area contributed by atoms with E-state index in [1.54, 1.807) is 12.4 Å². The molecular formula is C12H21N3O. The Labute approximate surface area is 97.3 Å². The molecule has 1 atom stereocenters. The predicted molar refractivity (Wildman–Crippen MR) is 65.3 cm³/mol. The predicted octanol–water partition coefficient (Wildman–Crippen LogP) is 1.84. The molecule has 0 aliphatic heterocycles. The Kier molecular flexibility index (Phi) is 3.86. The molecule has 0 aliphatic carbocycles. The van der Waals surface area contributed by atoms with E-state index in [1.807, 2.05) is 7.05 Å². The summed E-state index contributed by atoms with van der Waals surface area (Å²) in [5.74, 6) is 0.694. The van der Waals surface area contributed by atoms with Crippen LogP contribution in [0.25, 0.3) is 0 Å². The Morgan fingerprint density at radius 2 is 1.81 bits per heavy atom. The summed E-state index contributed by atoms with van der Waals surface area (Å²) in [5, 5.41) is 8.91. The van der Waals surface area contributed by atoms with Crippen LogP contribution in [0.2, 0.25) is 0 Å². The van der Waals surface area contributed by atoms with E-state index in [9.17, 15) is 0 Å². The van der Waals surface area contributed by atoms with Gasteiger partial charge in [0.2, 0.25) is 5.95 Å². The van der Waals surface area contributed by atoms with E-state index in [2.05, 4.69) is 42.6 Å². The van der Waals surface area contributed by atoms with Crippen molar-refractivity contribution < 1.29 is 5.11 Å². The highest BCUT2D eigenvalue weighted by Crippen LogP contribution is 2.25. The third-order valence-corrected chi connectivity index (χ3v) is 3.02. The minimum absolute atomic E-state index is 0.0151. The lowest BCUT2D eigenvalue weighted by atomic mass is 9.87. The maximum Gasteiger partial charge on any atom is 0.225 e. The Balaban J connectivity index is 2.84. The van der Waals surface area contributed by atoms with Gasteiger partial charge in [0.15, 0.2) is 0 Å². The molecule has 0 amide bonds. The van der Waals surface area contributed by atoms with E-state index >= 15 is 0 Å². The van der Waals surface area contributed by atoms with Crippen molar-refractivity contribution in [3.63, 3.8) is 0 Å². The molecule has 1 N–H and O–H groups in total. The van der Waals surface area contributed by atoms with Gasteiger partial charge in [0.25, 0.3) is 0 Å². The van der Waals surface area contributed by atoms with Crippen molar-refractivity contribution in [3.05, 3.63) is 18.0 Å². The first-order valence-corrected chi connectivity index (χ1v) is 5.51. The average molecular weight is 223 g/mol. The van der Waals surface area contributed by atoms with Crippen molar-refractivity contribution >= 4 is 5.95 Å². The van der Waals surface area contributed by atoms with Crippen LogP contribution in [-0.2, 0) is 6.61 Å². The monoisotopic (exact) mass is 223 g/mol. The molecule has 1 aromatic rings. The number of aliphatic hydroxyl groups is 1. The first kappa shape index (κ1) is 12.9. The molecule has 4 heteroatoms. The van der Waals surface area contributed by atoms with E-state index < -0.39 is 0 Å². The van der Waals surface area contributed by atoms with E-state index in [0.29, 0.717) is 12.0 Å². The number of anilines is 1. The number of hydrogen-bond donors (Lipinski definition) is 1. The minimum atomic E-state index is -0.0151. The standard InChI is InChI=1S/C12H21N3O/c1-9(12(2,3)4)15(5)11-13-6-10(8-16)7-14-11/h6-7,9,16H,8H2,1-5H3. The van der Waals surface area contributed by atoms with Crippen LogP contribution in [0, 0.1) is 5.41 Å². The van der Waals surface area contributed by atoms with Crippen molar-refractivity contribution in [1.82, 2.24) is 9.97 Å². The molecule has 0 aliphatic rings. The SMILES string of the molecule is CC(N(C)c1ncc(CO)cn1)C(C)(C)C. The number of hydrogen-bond acceptors (Lipinski definition) is 4. The van der Waals surface area contributed by atoms with Crippen LogP contribution in [0.15, 0.2) is 12.4 Å². The number of aliphatic hydroxyl groups excluding tert-OH is 1. The largest absolute Gasteiger partial charge is 0.392 e. The third-order valence-electron chi connectivity index (χ3n) is 3.02. The molecule has 1 rings (SSSR count). The van der Waals surface area contributed by atoms with Gasteiger partial charge in [-0.2, -0.15) is 0 Å². The van der Waals surface area contributed by atoms with Crippen LogP contribution in [0.1, 0.15) is 33.3 Å². The van der Waals surface area contributed by atoms with Gasteiger partial charge in [-0.3, -0.25) is 0 Å². The molecule has 1 aromatic heterocycles. The zero-order valence-electron chi connectivity index (χ0n) is 10.7. The van der Waals surface area contributed by atoms with Crippen LogP contribution in [0.4, 0.5) is 5.95 Å². The lowest BCUT2D eigenvalue weighted by Crippen LogP contribution is -2.40. The van der Waals surface area contributed by atoms with Gasteiger partial charge in [-0.05, 0) is 12.3 Å². The second-order valence-corrected chi connectivity index (χ2v) is 5.20. The third kappa shape index (κ3) is 2.92. The quantitative estimate of drug-likeness (QED) is 0.849. The van der Waals surface area contributed by atoms with Crippen molar-refractivity contribution in [2.75, 3.05) is 11.9 Å². The normalized spacial score (nSPS) is 13.6. The van der Waals surface area contributed by atoms with Gasteiger partial charge in [-0.1, -0.05) is 20.8 Å². The first-order chi connectivity index (χ1) is 7.36. The van der Waals surface area contributed by atoms with Crippen LogP contribution in [-0.4, -0.2) is 28.2 Å². The molecule has 0 saturated carbocycles. The highest BCUT2D eigenvalue weighted by atomic mass is 16.3. The molecule has 4 nitrogen and oxygen atoms in total. The maximum absolute atomic E-state index is 8.91. The lowest BCUT2D eigenvalue weighted by Gasteiger charge is -2.35. The van der Waals surface area contributed by atoms with Gasteiger partial charge in [-0.25, -0.2) is 9.97 Å². The molecule has 1 unspecified atom stereocenters. The lowest BCUT2D eigenvalue weighted by molar-refractivity contribution is 0.280. The van der Waals surface area contributed by atoms with Crippen molar-refractivity contribution in [2.24, 2.45) is 5.41 Å². The van der Waals surface area contributed by atoms with E-state index in [1.165, 1.54) is 0 Å². The van der Waals surface area contributed by atoms with Crippen LogP contribution in [0.3, 0.4) is 0 Å². The maximum atomic E-state index is 8.91. The summed E-state index contributed by atoms with van der Waals surface area (Å²) in [5.41, 5.74) is 0.911. The van der Waals surface area contributed by atoms with Crippen LogP contribution >= 0.6 is 0 Å². The Morgan fingerprint density at radius 1 is 1.31 bits per heavy atom. The van der Waals surface area contributed by atoms with Gasteiger partial charge in [-0.15, -0.1) is 0 Å². The van der Waals surface area contributed by atoms with E-state index in [-0.39, 0.29) is 12.0 Å². The molecular weight excluding hydrogens is 202 g/mol. The van der Waals surface area contributed by atoms with Gasteiger partial charge in [0.05, 0.1) is 6.61 Å². The molecule has 0 fully saturated rings. The summed E-state index contributed by atoms with van der Waals surface area (Å²) in [6, 6.07) is 0.340. The molecule has 90 valence electrons. The van der Waals surface area contributed by atoms with Crippen LogP contribution in [0.5, 0.6) is 0 Å². The van der Waals surface area contributed by atoms with Gasteiger partial charge < -0.3 is 10.0 Å². The topological polar surface area (TPSA) is 49.2 Å². The van der Waals surface area contributed by atoms with Crippen molar-refractivity contribution in [3.8, 4) is 0 Å². The Bertz CT molecular complexity index is 329. The zero-order chi connectivity index (χ0) is 12.3. The number of rotatable bonds is 3. The molecule has 1 heterocycles. The van der Waals surface area contributed by atoms with E-state index in [0.717, 1.165) is 5.56 Å². The van der Waals surface area contributed by atoms with Crippen molar-refractivity contribution in [2.45, 2.75) is 40.3 Å². The fourth-order valence-corrected chi connectivity index (χ4v) is 1.37. The summed E-state index contributed by atoms with van der Waals surface area (Å²) in [6.45, 7) is 8.71. The molecule has 16 heavy (non-hydrogen) atoms. The summed E-state index contributed by atoms with van der Waals surface area (Å²) < 4.78 is 0. The fraction of sp³-hybridized carbons (Fsp3) is 0.667. The van der Waals surface area contributed by atoms with Crippen LogP contribution < -0.4 is 4.90 Å². The summed E-state index contributed by atoms with van der Waals surface area (Å²) in [6.07, 6.45) is 3.32. The minimum Gasteiger partial charge on any atom is -0.392 e. The summed E-state index contributed by atoms with van der Waals surface area (Å²) in [4.78, 5) is 10.5. The Hall–Kier alpha value is -1.16. The second kappa shape index (κ2) is 4.78. The average Bonchev–Trinajstić information content (AvgIpc) is 2.26. The molecule has 0 saturated heterocycles. The fourth-order valence-electron chi connectivity index (χ4n) is 1.37. The highest BCUT2D eigenvalue weighted by Gasteiger charge is 2.25. The molecule has 0 bridgehead atoms. The van der Waals surface area contributed by atoms with E-state index in [4.69, 9.17) is 5.11 Å². The molecule has 0 radical (unpaired) electrons. The van der Waals surface area contributed by atoms with Gasteiger partial charge in [0, 0.05) is 31.0 Å². The number of aromatic nitrogens is 2. The van der Waals surface area contributed by atoms with Gasteiger partial charge in [0.1, 0.15) is 0 Å². The first-order valence-electron chi connectivity index (χ1n) is 5.51.